The van der Waals surface area contributed by atoms with Gasteiger partial charge in [0.05, 0.1) is 56.6 Å². The molecule has 8 amide bonds. The van der Waals surface area contributed by atoms with Crippen LogP contribution in [0.25, 0.3) is 41.8 Å². The molecule has 7 saturated heterocycles. The molecule has 2 bridgehead atoms. The number of alkyl halides is 4. The largest absolute Gasteiger partial charge is 0.394 e. The monoisotopic (exact) mass is 2000 g/mol. The minimum absolute atomic E-state index is 0.00569. The van der Waals surface area contributed by atoms with Gasteiger partial charge >= 0.3 is 0 Å². The number of nitrogens with zero attached hydrogens (tertiary/aromatic N) is 13. The first-order valence-corrected chi connectivity index (χ1v) is 52.8. The average molecular weight is 2000 g/mol. The first-order valence-electron chi connectivity index (χ1n) is 47.6. The van der Waals surface area contributed by atoms with Crippen molar-refractivity contribution in [3.05, 3.63) is 114 Å². The number of carbonyl (C=O) groups excluding carboxylic acids is 8. The van der Waals surface area contributed by atoms with Crippen molar-refractivity contribution in [3.63, 3.8) is 0 Å². The second-order valence-electron chi connectivity index (χ2n) is 39.0. The number of thiazole rings is 4. The summed E-state index contributed by atoms with van der Waals surface area (Å²) >= 11 is 4.50. The van der Waals surface area contributed by atoms with Crippen molar-refractivity contribution in [3.8, 4) is 41.8 Å². The molecular formula is C96H126F4N20O13S5. The minimum Gasteiger partial charge on any atom is -0.394 e. The number of ether oxygens (including phenoxy) is 1. The van der Waals surface area contributed by atoms with Crippen LogP contribution in [0.3, 0.4) is 0 Å². The Morgan fingerprint density at radius 3 is 1.24 bits per heavy atom. The molecule has 9 N–H and O–H groups in total. The second-order valence-corrected chi connectivity index (χ2v) is 45.3. The van der Waals surface area contributed by atoms with E-state index in [-0.39, 0.29) is 135 Å². The molecule has 15 heterocycles. The van der Waals surface area contributed by atoms with E-state index < -0.39 is 94.8 Å². The fourth-order valence-corrected chi connectivity index (χ4v) is 23.8. The van der Waals surface area contributed by atoms with Gasteiger partial charge in [-0.1, -0.05) is 0 Å². The van der Waals surface area contributed by atoms with Crippen LogP contribution in [0.2, 0.25) is 0 Å². The van der Waals surface area contributed by atoms with Crippen LogP contribution in [0.1, 0.15) is 276 Å². The Balaban J connectivity index is 0.000000147. The molecule has 8 aromatic rings. The third kappa shape index (κ3) is 24.4. The van der Waals surface area contributed by atoms with Gasteiger partial charge in [-0.15, -0.1) is 45.3 Å². The van der Waals surface area contributed by atoms with Gasteiger partial charge in [0, 0.05) is 165 Å². The molecule has 9 aliphatic rings. The second kappa shape index (κ2) is 43.4. The predicted octanol–water partition coefficient (Wildman–Crippen LogP) is 14.4. The number of likely N-dealkylation sites (tertiary alicyclic amines) is 4. The maximum absolute atomic E-state index is 14.0. The topological polar surface area (TPSA) is 424 Å². The van der Waals surface area contributed by atoms with Crippen LogP contribution < -0.4 is 37.2 Å². The maximum atomic E-state index is 14.0. The van der Waals surface area contributed by atoms with Gasteiger partial charge in [-0.25, -0.2) is 65.9 Å². The lowest BCUT2D eigenvalue weighted by Crippen LogP contribution is -2.56. The summed E-state index contributed by atoms with van der Waals surface area (Å²) in [5, 5.41) is 41.2. The summed E-state index contributed by atoms with van der Waals surface area (Å²) in [6.07, 6.45) is 18.9. The van der Waals surface area contributed by atoms with Crippen molar-refractivity contribution in [2.75, 3.05) is 80.1 Å². The molecule has 0 spiro atoms. The molecule has 7 atom stereocenters. The van der Waals surface area contributed by atoms with Gasteiger partial charge < -0.3 is 76.7 Å². The van der Waals surface area contributed by atoms with Crippen molar-refractivity contribution < 1.29 is 79.3 Å². The number of aliphatic hydroxyl groups is 2. The molecule has 33 nitrogen and oxygen atoms in total. The summed E-state index contributed by atoms with van der Waals surface area (Å²) in [4.78, 5) is 151. The van der Waals surface area contributed by atoms with Crippen LogP contribution in [-0.2, 0) is 14.6 Å². The molecule has 9 fully saturated rings. The van der Waals surface area contributed by atoms with Crippen molar-refractivity contribution in [1.29, 1.82) is 0 Å². The van der Waals surface area contributed by atoms with Gasteiger partial charge in [0.1, 0.15) is 46.0 Å². The summed E-state index contributed by atoms with van der Waals surface area (Å²) < 4.78 is 84.8. The molecule has 0 unspecified atom stereocenters. The van der Waals surface area contributed by atoms with Gasteiger partial charge in [0.2, 0.25) is 0 Å². The van der Waals surface area contributed by atoms with E-state index in [1.54, 1.807) is 39.4 Å². The van der Waals surface area contributed by atoms with Crippen molar-refractivity contribution >= 4 is 126 Å². The fraction of sp³-hybridized carbons (Fsp3) is 0.583. The van der Waals surface area contributed by atoms with E-state index in [1.807, 2.05) is 116 Å². The van der Waals surface area contributed by atoms with Crippen LogP contribution in [0.4, 0.5) is 40.8 Å². The Morgan fingerprint density at radius 2 is 0.877 bits per heavy atom. The summed E-state index contributed by atoms with van der Waals surface area (Å²) in [7, 11) is -3.20. The number of aliphatic hydroxyl groups excluding tert-OH is 2. The molecule has 2 saturated carbocycles. The summed E-state index contributed by atoms with van der Waals surface area (Å²) in [5.74, 6) is -5.39. The van der Waals surface area contributed by atoms with Crippen LogP contribution >= 0.6 is 45.3 Å². The smallest absolute Gasteiger partial charge is 0.282 e. The van der Waals surface area contributed by atoms with Crippen LogP contribution in [0.5, 0.6) is 0 Å². The number of aromatic nitrogens is 8. The Hall–Kier alpha value is -10.4. The van der Waals surface area contributed by atoms with E-state index in [1.165, 1.54) is 46.7 Å². The summed E-state index contributed by atoms with van der Waals surface area (Å²) in [6.45, 7) is 29.2. The molecule has 0 aromatic carbocycles. The van der Waals surface area contributed by atoms with Crippen molar-refractivity contribution in [1.82, 2.24) is 80.3 Å². The normalized spacial score (nSPS) is 21.5. The van der Waals surface area contributed by atoms with Crippen LogP contribution in [0, 0.1) is 33.6 Å². The van der Waals surface area contributed by atoms with E-state index in [9.17, 15) is 74.5 Å². The number of aryl methyl sites for hydroxylation is 4. The highest BCUT2D eigenvalue weighted by Gasteiger charge is 2.50. The number of amides is 8. The molecular weight excluding hydrogens is 1880 g/mol. The van der Waals surface area contributed by atoms with Gasteiger partial charge in [-0.2, -0.15) is 0 Å². The average Bonchev–Trinajstić information content (AvgIpc) is 1.59. The van der Waals surface area contributed by atoms with Gasteiger partial charge in [-0.05, 0) is 240 Å². The lowest BCUT2D eigenvalue weighted by molar-refractivity contribution is 0.0115. The quantitative estimate of drug-likeness (QED) is 0.0227. The standard InChI is InChI=1S/C27H35N5O3S.C24H31F2N5O3S.C23H31N5O4S2.C22H29F2N5O3S/c1-14-12-22(29-15(2)16-6-7-16)28-13-19(14)24-23(27(35)32-17-8-9-18(32)11-10-17)31-26(36-24)25(34)30-20-4-3-5-21(20)33;1-13(2)28-18-9-14(3)17(11-27-18)20-19(23(33)31-12-24(25,26)10-15(31)4)30-22(35-20)21(32)29-16-5-7-34-8-6-16;1-13(2)25-18-9-14(3)17(10-24-18)20-19(22(29)28-8-6-7-15(28)4)26-21(33-20)23(30)27-11-16(12-27)34(5,31)32;1-11(2)26-16-6-12(3)15(8-25-16)18-17(21(32)29-10-22(23,24)7-14(29)5)28-20(33-18)19(31)27-13(4)9-30/h12-13,15-18,20-21,33H,3-11H2,1-2H3,(H,28,29)(H,30,34);9,11,13,15-16H,5-8,10,12H2,1-4H3,(H,27,28)(H,29,32);9-10,13,15-16H,6-8,11-12H2,1-5H3,(H,24,25);6,8,11,13-14,30H,7,9-10H2,1-5H3,(H,25,26)(H,27,31)/t15-,17?,18?,20+,21+;2*15-;13-,14+/m1001/s1. The minimum atomic E-state index is -3.20. The van der Waals surface area contributed by atoms with E-state index in [2.05, 4.69) is 84.0 Å². The van der Waals surface area contributed by atoms with Gasteiger partial charge in [0.15, 0.2) is 29.9 Å². The zero-order chi connectivity index (χ0) is 99.6. The number of hydrogen-bond acceptors (Lipinski definition) is 29. The maximum Gasteiger partial charge on any atom is 0.282 e. The number of fused-ring (bicyclic) bond motifs is 2. The highest BCUT2D eigenvalue weighted by atomic mass is 32.2. The van der Waals surface area contributed by atoms with Gasteiger partial charge in [-0.3, -0.25) is 38.4 Å². The molecule has 8 aromatic heterocycles. The van der Waals surface area contributed by atoms with Crippen LogP contribution in [-0.4, -0.2) is 285 Å². The number of halogens is 4. The van der Waals surface area contributed by atoms with Gasteiger partial charge in [0.25, 0.3) is 59.1 Å². The first kappa shape index (κ1) is 103. The number of carbonyl (C=O) groups is 8. The van der Waals surface area contributed by atoms with Crippen molar-refractivity contribution in [2.24, 2.45) is 5.92 Å². The zero-order valence-electron chi connectivity index (χ0n) is 80.8. The number of anilines is 4. The fourth-order valence-electron chi connectivity index (χ4n) is 18.6. The Morgan fingerprint density at radius 1 is 0.486 bits per heavy atom. The molecule has 0 radical (unpaired) electrons. The Labute approximate surface area is 817 Å². The number of nitrogens with one attached hydrogen (secondary N) is 7. The van der Waals surface area contributed by atoms with E-state index in [0.717, 1.165) is 129 Å². The Bertz CT molecular complexity index is 5940. The SMILES string of the molecule is Cc1cc(NC(C)C)ncc1-c1sc(C(=O)N2CC(S(C)(=O)=O)C2)nc1C(=O)N1CCC[C@@H]1C.Cc1cc(NC(C)C)ncc1-c1sc(C(=O)NC2CCOCC2)nc1C(=O)N1CC(F)(F)C[C@@H]1C.Cc1cc(NC(C)C)ncc1-c1sc(C(=O)N[C@H](C)CO)nc1C(=O)N1CC(F)(F)C[C@@H]1C.Cc1cc(N[C@H](C)C2CC2)ncc1-c1sc(C(=O)N[C@H]2CCC[C@@H]2O)nc1C(=O)N1C2CCC1CC2. The molecule has 138 heavy (non-hydrogen) atoms. The lowest BCUT2D eigenvalue weighted by Gasteiger charge is -2.37. The van der Waals surface area contributed by atoms with E-state index in [4.69, 9.17) is 4.74 Å². The number of rotatable bonds is 26. The first-order chi connectivity index (χ1) is 65.3. The molecule has 2 aliphatic carbocycles. The van der Waals surface area contributed by atoms with Crippen molar-refractivity contribution in [2.45, 2.75) is 296 Å². The van der Waals surface area contributed by atoms with E-state index >= 15 is 0 Å². The highest BCUT2D eigenvalue weighted by molar-refractivity contribution is 7.91. The Kier molecular flexibility index (Phi) is 32.5. The van der Waals surface area contributed by atoms with Crippen LogP contribution in [0.15, 0.2) is 49.1 Å². The summed E-state index contributed by atoms with van der Waals surface area (Å²) in [5.41, 5.74) is 6.95. The lowest BCUT2D eigenvalue weighted by atomic mass is 10.0. The third-order valence-corrected chi connectivity index (χ3v) is 32.2. The number of hydrogen-bond donors (Lipinski definition) is 9. The zero-order valence-corrected chi connectivity index (χ0v) is 84.9. The molecule has 746 valence electrons. The number of sulfone groups is 1. The molecule has 42 heteroatoms. The van der Waals surface area contributed by atoms with E-state index in [0.29, 0.717) is 98.9 Å². The third-order valence-electron chi connectivity index (χ3n) is 26.3. The highest BCUT2D eigenvalue weighted by Crippen LogP contribution is 2.46. The molecule has 17 rings (SSSR count). The molecule has 7 aliphatic heterocycles. The predicted molar refractivity (Wildman–Crippen MR) is 525 cm³/mol. The number of pyridine rings is 4. The summed E-state index contributed by atoms with van der Waals surface area (Å²) in [6, 6.07) is 7.16.